The van der Waals surface area contributed by atoms with Crippen LogP contribution in [0.15, 0.2) is 24.3 Å². The van der Waals surface area contributed by atoms with Crippen molar-refractivity contribution < 1.29 is 32.3 Å². The maximum absolute atomic E-state index is 12.3. The highest BCUT2D eigenvalue weighted by Crippen LogP contribution is 2.18. The van der Waals surface area contributed by atoms with Crippen LogP contribution < -0.4 is 10.5 Å². The van der Waals surface area contributed by atoms with Crippen molar-refractivity contribution in [2.75, 3.05) is 31.3 Å². The van der Waals surface area contributed by atoms with E-state index in [1.54, 1.807) is 13.0 Å². The van der Waals surface area contributed by atoms with E-state index < -0.39 is 40.3 Å². The third kappa shape index (κ3) is 5.95. The first-order valence-electron chi connectivity index (χ1n) is 8.40. The predicted molar refractivity (Wildman–Crippen MR) is 95.9 cm³/mol. The molecule has 148 valence electrons. The molecule has 10 heteroatoms. The number of likely N-dealkylation sites (N-methyl/N-ethyl adjacent to an activating group) is 1. The lowest BCUT2D eigenvalue weighted by Gasteiger charge is -2.26. The van der Waals surface area contributed by atoms with Crippen LogP contribution in [-0.4, -0.2) is 68.4 Å². The number of carbonyl (C=O) groups is 3. The number of nitrogens with zero attached hydrogens (tertiary/aromatic N) is 1. The second kappa shape index (κ2) is 8.85. The lowest BCUT2D eigenvalue weighted by molar-refractivity contribution is -0.136. The maximum atomic E-state index is 12.3. The molecule has 2 rings (SSSR count). The van der Waals surface area contributed by atoms with Gasteiger partial charge in [-0.3, -0.25) is 9.59 Å². The van der Waals surface area contributed by atoms with Crippen molar-refractivity contribution in [3.05, 3.63) is 29.8 Å². The van der Waals surface area contributed by atoms with Crippen LogP contribution in [0.4, 0.5) is 0 Å². The van der Waals surface area contributed by atoms with Crippen molar-refractivity contribution in [2.24, 2.45) is 5.73 Å². The molecule has 2 amide bonds. The van der Waals surface area contributed by atoms with Gasteiger partial charge in [0.1, 0.15) is 5.75 Å². The fourth-order valence-electron chi connectivity index (χ4n) is 2.82. The van der Waals surface area contributed by atoms with E-state index in [1.807, 2.05) is 0 Å². The molecule has 0 bridgehead atoms. The minimum absolute atomic E-state index is 0.0549. The second-order valence-corrected chi connectivity index (χ2v) is 8.32. The highest BCUT2D eigenvalue weighted by Gasteiger charge is 2.34. The van der Waals surface area contributed by atoms with Gasteiger partial charge in [0.25, 0.3) is 11.8 Å². The molecule has 1 aromatic rings. The normalized spacial score (nSPS) is 17.9. The van der Waals surface area contributed by atoms with Crippen molar-refractivity contribution in [2.45, 2.75) is 19.4 Å². The minimum atomic E-state index is -3.12. The van der Waals surface area contributed by atoms with Crippen LogP contribution in [-0.2, 0) is 24.2 Å². The number of nitrogens with two attached hydrogens (primary N) is 1. The Morgan fingerprint density at radius 2 is 2.00 bits per heavy atom. The number of esters is 1. The number of hydrogen-bond acceptors (Lipinski definition) is 7. The summed E-state index contributed by atoms with van der Waals surface area (Å²) in [5, 5.41) is 0. The zero-order valence-corrected chi connectivity index (χ0v) is 15.7. The van der Waals surface area contributed by atoms with Gasteiger partial charge in [-0.1, -0.05) is 6.07 Å². The van der Waals surface area contributed by atoms with Crippen LogP contribution in [0.2, 0.25) is 0 Å². The van der Waals surface area contributed by atoms with Gasteiger partial charge < -0.3 is 20.1 Å². The van der Waals surface area contributed by atoms with Gasteiger partial charge in [0.05, 0.1) is 17.1 Å². The summed E-state index contributed by atoms with van der Waals surface area (Å²) in [5.41, 5.74) is 5.14. The fourth-order valence-corrected chi connectivity index (χ4v) is 4.55. The van der Waals surface area contributed by atoms with Crippen molar-refractivity contribution in [1.82, 2.24) is 4.90 Å². The number of benzene rings is 1. The van der Waals surface area contributed by atoms with Crippen LogP contribution >= 0.6 is 0 Å². The molecule has 0 aromatic heterocycles. The number of hydrogen-bond donors (Lipinski definition) is 1. The van der Waals surface area contributed by atoms with Crippen LogP contribution in [0.3, 0.4) is 0 Å². The number of ether oxygens (including phenoxy) is 2. The summed E-state index contributed by atoms with van der Waals surface area (Å²) >= 11 is 0. The first kappa shape index (κ1) is 20.7. The third-order valence-corrected chi connectivity index (χ3v) is 5.84. The Kier molecular flexibility index (Phi) is 6.78. The number of rotatable bonds is 8. The molecule has 1 unspecified atom stereocenters. The smallest absolute Gasteiger partial charge is 0.338 e. The molecular weight excluding hydrogens is 376 g/mol. The molecule has 1 fully saturated rings. The van der Waals surface area contributed by atoms with Gasteiger partial charge in [-0.25, -0.2) is 13.2 Å². The Hall–Kier alpha value is -2.62. The number of amides is 2. The van der Waals surface area contributed by atoms with Gasteiger partial charge in [-0.2, -0.15) is 0 Å². The quantitative estimate of drug-likeness (QED) is 0.597. The molecule has 0 spiro atoms. The molecule has 1 aliphatic heterocycles. The number of primary amides is 1. The summed E-state index contributed by atoms with van der Waals surface area (Å²) in [6.45, 7) is 1.25. The lowest BCUT2D eigenvalue weighted by Crippen LogP contribution is -2.43. The minimum Gasteiger partial charge on any atom is -0.484 e. The molecule has 1 heterocycles. The van der Waals surface area contributed by atoms with E-state index in [0.717, 1.165) is 0 Å². The summed E-state index contributed by atoms with van der Waals surface area (Å²) in [5.74, 6) is -1.58. The molecular formula is C17H22N2O7S. The Bertz CT molecular complexity index is 822. The second-order valence-electron chi connectivity index (χ2n) is 6.10. The molecule has 0 radical (unpaired) electrons. The summed E-state index contributed by atoms with van der Waals surface area (Å²) in [6.07, 6.45) is 0.384. The van der Waals surface area contributed by atoms with Gasteiger partial charge in [0, 0.05) is 12.6 Å². The van der Waals surface area contributed by atoms with Gasteiger partial charge >= 0.3 is 5.97 Å². The zero-order chi connectivity index (χ0) is 20.0. The van der Waals surface area contributed by atoms with Gasteiger partial charge in [-0.15, -0.1) is 0 Å². The van der Waals surface area contributed by atoms with Gasteiger partial charge in [0.2, 0.25) is 0 Å². The van der Waals surface area contributed by atoms with E-state index in [9.17, 15) is 22.8 Å². The Balaban J connectivity index is 1.93. The fraction of sp³-hybridized carbons (Fsp3) is 0.471. The largest absolute Gasteiger partial charge is 0.484 e. The molecule has 9 nitrogen and oxygen atoms in total. The van der Waals surface area contributed by atoms with Crippen molar-refractivity contribution in [3.63, 3.8) is 0 Å². The molecule has 1 aromatic carbocycles. The Morgan fingerprint density at radius 1 is 1.26 bits per heavy atom. The summed E-state index contributed by atoms with van der Waals surface area (Å²) in [4.78, 5) is 36.6. The monoisotopic (exact) mass is 398 g/mol. The molecule has 1 atom stereocenters. The average molecular weight is 398 g/mol. The van der Waals surface area contributed by atoms with Crippen LogP contribution in [0.1, 0.15) is 23.7 Å². The van der Waals surface area contributed by atoms with E-state index in [2.05, 4.69) is 0 Å². The first-order valence-corrected chi connectivity index (χ1v) is 10.2. The summed E-state index contributed by atoms with van der Waals surface area (Å²) in [6, 6.07) is 5.54. The van der Waals surface area contributed by atoms with Crippen LogP contribution in [0.5, 0.6) is 5.75 Å². The topological polar surface area (TPSA) is 133 Å². The highest BCUT2D eigenvalue weighted by atomic mass is 32.2. The van der Waals surface area contributed by atoms with E-state index in [1.165, 1.54) is 23.1 Å². The zero-order valence-electron chi connectivity index (χ0n) is 14.9. The highest BCUT2D eigenvalue weighted by molar-refractivity contribution is 7.91. The van der Waals surface area contributed by atoms with E-state index in [0.29, 0.717) is 13.0 Å². The maximum Gasteiger partial charge on any atom is 0.338 e. The molecule has 0 aliphatic carbocycles. The third-order valence-electron chi connectivity index (χ3n) is 4.09. The Morgan fingerprint density at radius 3 is 2.59 bits per heavy atom. The van der Waals surface area contributed by atoms with Gasteiger partial charge in [-0.05, 0) is 31.5 Å². The number of sulfone groups is 1. The molecule has 27 heavy (non-hydrogen) atoms. The molecule has 1 aliphatic rings. The average Bonchev–Trinajstić information content (AvgIpc) is 2.98. The molecule has 2 N–H and O–H groups in total. The van der Waals surface area contributed by atoms with Crippen molar-refractivity contribution >= 4 is 27.6 Å². The molecule has 1 saturated heterocycles. The predicted octanol–water partition coefficient (Wildman–Crippen LogP) is -0.257. The molecule has 0 saturated carbocycles. The summed E-state index contributed by atoms with van der Waals surface area (Å²) in [7, 11) is -3.12. The lowest BCUT2D eigenvalue weighted by atomic mass is 10.2. The van der Waals surface area contributed by atoms with Crippen molar-refractivity contribution in [3.8, 4) is 5.75 Å². The van der Waals surface area contributed by atoms with Crippen molar-refractivity contribution in [1.29, 1.82) is 0 Å². The number of carbonyl (C=O) groups excluding carboxylic acids is 3. The van der Waals surface area contributed by atoms with Crippen LogP contribution in [0.25, 0.3) is 0 Å². The van der Waals surface area contributed by atoms with Gasteiger partial charge in [0.15, 0.2) is 23.1 Å². The first-order chi connectivity index (χ1) is 12.7. The standard InChI is InChI=1S/C17H22N2O7S/c1-2-19(13-6-7-27(23,24)11-13)16(21)10-26-17(22)12-4-3-5-14(8-12)25-9-15(18)20/h3-5,8,13H,2,6-7,9-11H2,1H3,(H2,18,20). The summed E-state index contributed by atoms with van der Waals surface area (Å²) < 4.78 is 33.3. The van der Waals surface area contributed by atoms with E-state index in [4.69, 9.17) is 15.2 Å². The van der Waals surface area contributed by atoms with E-state index in [-0.39, 0.29) is 29.4 Å². The Labute approximate surface area is 157 Å². The van der Waals surface area contributed by atoms with E-state index >= 15 is 0 Å². The SMILES string of the molecule is CCN(C(=O)COC(=O)c1cccc(OCC(N)=O)c1)C1CCS(=O)(=O)C1. The van der Waals surface area contributed by atoms with Crippen LogP contribution in [0, 0.1) is 0 Å².